The van der Waals surface area contributed by atoms with E-state index in [0.29, 0.717) is 0 Å². The molecule has 2 rings (SSSR count). The lowest BCUT2D eigenvalue weighted by Crippen LogP contribution is -2.18. The lowest BCUT2D eigenvalue weighted by atomic mass is 10.2. The zero-order valence-electron chi connectivity index (χ0n) is 8.79. The third-order valence-corrected chi connectivity index (χ3v) is 2.30. The quantitative estimate of drug-likeness (QED) is 0.723. The van der Waals surface area contributed by atoms with Crippen molar-refractivity contribution in [1.82, 2.24) is 15.3 Å². The van der Waals surface area contributed by atoms with Crippen molar-refractivity contribution in [2.75, 3.05) is 20.3 Å². The van der Waals surface area contributed by atoms with E-state index < -0.39 is 0 Å². The van der Waals surface area contributed by atoms with E-state index in [1.54, 1.807) is 13.4 Å². The first kappa shape index (κ1) is 10.1. The summed E-state index contributed by atoms with van der Waals surface area (Å²) in [5, 5.41) is 3.30. The predicted molar refractivity (Wildman–Crippen MR) is 59.7 cm³/mol. The van der Waals surface area contributed by atoms with Crippen LogP contribution in [0.1, 0.15) is 5.56 Å². The first-order valence-corrected chi connectivity index (χ1v) is 5.02. The molecule has 4 heteroatoms. The van der Waals surface area contributed by atoms with Crippen LogP contribution < -0.4 is 5.32 Å². The molecule has 0 spiro atoms. The Bertz CT molecular complexity index is 424. The Balaban J connectivity index is 1.96. The second-order valence-corrected chi connectivity index (χ2v) is 3.42. The van der Waals surface area contributed by atoms with Gasteiger partial charge in [0.15, 0.2) is 0 Å². The number of rotatable bonds is 5. The van der Waals surface area contributed by atoms with E-state index in [9.17, 15) is 0 Å². The molecule has 0 aliphatic rings. The third-order valence-electron chi connectivity index (χ3n) is 2.30. The minimum Gasteiger partial charge on any atom is -0.383 e. The largest absolute Gasteiger partial charge is 0.383 e. The monoisotopic (exact) mass is 205 g/mol. The molecule has 1 aromatic heterocycles. The molecule has 0 unspecified atom stereocenters. The Kier molecular flexibility index (Phi) is 3.32. The number of aromatic nitrogens is 2. The van der Waals surface area contributed by atoms with Gasteiger partial charge in [0, 0.05) is 20.2 Å². The van der Waals surface area contributed by atoms with Crippen LogP contribution in [-0.2, 0) is 11.3 Å². The Morgan fingerprint density at radius 1 is 1.47 bits per heavy atom. The van der Waals surface area contributed by atoms with Gasteiger partial charge >= 0.3 is 0 Å². The number of fused-ring (bicyclic) bond motifs is 1. The second-order valence-electron chi connectivity index (χ2n) is 3.42. The van der Waals surface area contributed by atoms with E-state index in [-0.39, 0.29) is 0 Å². The number of aromatic amines is 1. The van der Waals surface area contributed by atoms with Crippen LogP contribution in [-0.4, -0.2) is 30.2 Å². The summed E-state index contributed by atoms with van der Waals surface area (Å²) in [6, 6.07) is 6.23. The van der Waals surface area contributed by atoms with Crippen molar-refractivity contribution in [2.24, 2.45) is 0 Å². The van der Waals surface area contributed by atoms with E-state index in [1.165, 1.54) is 5.56 Å². The number of nitrogens with one attached hydrogen (secondary N) is 2. The number of ether oxygens (including phenoxy) is 1. The molecule has 1 aromatic carbocycles. The Morgan fingerprint density at radius 3 is 3.27 bits per heavy atom. The average Bonchev–Trinajstić information content (AvgIpc) is 2.71. The highest BCUT2D eigenvalue weighted by atomic mass is 16.5. The van der Waals surface area contributed by atoms with E-state index >= 15 is 0 Å². The normalized spacial score (nSPS) is 11.0. The van der Waals surface area contributed by atoms with Gasteiger partial charge in [0.2, 0.25) is 0 Å². The Hall–Kier alpha value is -1.39. The molecular weight excluding hydrogens is 190 g/mol. The molecule has 2 aromatic rings. The summed E-state index contributed by atoms with van der Waals surface area (Å²) in [6.07, 6.45) is 1.72. The highest BCUT2D eigenvalue weighted by molar-refractivity contribution is 5.74. The molecule has 4 nitrogen and oxygen atoms in total. The van der Waals surface area contributed by atoms with Gasteiger partial charge in [-0.1, -0.05) is 6.07 Å². The summed E-state index contributed by atoms with van der Waals surface area (Å²) in [5.74, 6) is 0. The van der Waals surface area contributed by atoms with Crippen LogP contribution in [0.15, 0.2) is 24.5 Å². The molecule has 15 heavy (non-hydrogen) atoms. The average molecular weight is 205 g/mol. The van der Waals surface area contributed by atoms with Gasteiger partial charge in [-0.15, -0.1) is 0 Å². The molecule has 0 saturated heterocycles. The SMILES string of the molecule is COCCNCc1ccc2nc[nH]c2c1. The minimum absolute atomic E-state index is 0.742. The minimum atomic E-state index is 0.742. The highest BCUT2D eigenvalue weighted by Crippen LogP contribution is 2.11. The molecule has 2 N–H and O–H groups in total. The molecule has 0 radical (unpaired) electrons. The second kappa shape index (κ2) is 4.91. The van der Waals surface area contributed by atoms with Crippen LogP contribution in [0.4, 0.5) is 0 Å². The fraction of sp³-hybridized carbons (Fsp3) is 0.364. The van der Waals surface area contributed by atoms with Gasteiger partial charge in [0.05, 0.1) is 24.0 Å². The summed E-state index contributed by atoms with van der Waals surface area (Å²) in [7, 11) is 1.71. The van der Waals surface area contributed by atoms with Crippen molar-refractivity contribution in [3.05, 3.63) is 30.1 Å². The maximum atomic E-state index is 4.96. The number of hydrogen-bond donors (Lipinski definition) is 2. The fourth-order valence-corrected chi connectivity index (χ4v) is 1.50. The van der Waals surface area contributed by atoms with Crippen LogP contribution in [0.3, 0.4) is 0 Å². The van der Waals surface area contributed by atoms with E-state index in [0.717, 1.165) is 30.7 Å². The summed E-state index contributed by atoms with van der Waals surface area (Å²) in [6.45, 7) is 2.47. The highest BCUT2D eigenvalue weighted by Gasteiger charge is 1.97. The van der Waals surface area contributed by atoms with Crippen LogP contribution in [0, 0.1) is 0 Å². The van der Waals surface area contributed by atoms with Gasteiger partial charge in [0.1, 0.15) is 0 Å². The number of hydrogen-bond acceptors (Lipinski definition) is 3. The molecule has 0 aliphatic carbocycles. The first-order valence-electron chi connectivity index (χ1n) is 5.02. The van der Waals surface area contributed by atoms with E-state index in [4.69, 9.17) is 4.74 Å². The maximum absolute atomic E-state index is 4.96. The lowest BCUT2D eigenvalue weighted by molar-refractivity contribution is 0.199. The van der Waals surface area contributed by atoms with Crippen LogP contribution in [0.2, 0.25) is 0 Å². The van der Waals surface area contributed by atoms with Crippen LogP contribution >= 0.6 is 0 Å². The van der Waals surface area contributed by atoms with Gasteiger partial charge in [-0.25, -0.2) is 4.98 Å². The van der Waals surface area contributed by atoms with Crippen LogP contribution in [0.5, 0.6) is 0 Å². The molecule has 0 bridgehead atoms. The van der Waals surface area contributed by atoms with E-state index in [2.05, 4.69) is 27.4 Å². The van der Waals surface area contributed by atoms with Crippen molar-refractivity contribution < 1.29 is 4.74 Å². The van der Waals surface area contributed by atoms with Crippen molar-refractivity contribution in [3.63, 3.8) is 0 Å². The molecule has 80 valence electrons. The van der Waals surface area contributed by atoms with Gasteiger partial charge in [0.25, 0.3) is 0 Å². The van der Waals surface area contributed by atoms with Crippen molar-refractivity contribution in [3.8, 4) is 0 Å². The zero-order chi connectivity index (χ0) is 10.5. The van der Waals surface area contributed by atoms with Crippen molar-refractivity contribution in [2.45, 2.75) is 6.54 Å². The van der Waals surface area contributed by atoms with Crippen molar-refractivity contribution in [1.29, 1.82) is 0 Å². The number of imidazole rings is 1. The molecule has 0 atom stereocenters. The molecule has 0 saturated carbocycles. The zero-order valence-corrected chi connectivity index (χ0v) is 8.79. The molecule has 0 aliphatic heterocycles. The fourth-order valence-electron chi connectivity index (χ4n) is 1.50. The van der Waals surface area contributed by atoms with Gasteiger partial charge in [-0.05, 0) is 17.7 Å². The van der Waals surface area contributed by atoms with Gasteiger partial charge in [-0.3, -0.25) is 0 Å². The van der Waals surface area contributed by atoms with Gasteiger partial charge < -0.3 is 15.0 Å². The first-order chi connectivity index (χ1) is 7.40. The molecular formula is C11H15N3O. The summed E-state index contributed by atoms with van der Waals surface area (Å²) in [5.41, 5.74) is 3.35. The smallest absolute Gasteiger partial charge is 0.0931 e. The summed E-state index contributed by atoms with van der Waals surface area (Å²) >= 11 is 0. The predicted octanol–water partition coefficient (Wildman–Crippen LogP) is 1.30. The molecule has 1 heterocycles. The third kappa shape index (κ3) is 2.55. The van der Waals surface area contributed by atoms with Gasteiger partial charge in [-0.2, -0.15) is 0 Å². The molecule has 0 fully saturated rings. The maximum Gasteiger partial charge on any atom is 0.0931 e. The number of nitrogens with zero attached hydrogens (tertiary/aromatic N) is 1. The topological polar surface area (TPSA) is 49.9 Å². The summed E-state index contributed by atoms with van der Waals surface area (Å²) < 4.78 is 4.96. The van der Waals surface area contributed by atoms with E-state index in [1.807, 2.05) is 6.07 Å². The Labute approximate surface area is 88.7 Å². The summed E-state index contributed by atoms with van der Waals surface area (Å²) in [4.78, 5) is 7.27. The Morgan fingerprint density at radius 2 is 2.40 bits per heavy atom. The standard InChI is InChI=1S/C11H15N3O/c1-15-5-4-12-7-9-2-3-10-11(6-9)14-8-13-10/h2-3,6,8,12H,4-5,7H2,1H3,(H,13,14). The van der Waals surface area contributed by atoms with Crippen LogP contribution in [0.25, 0.3) is 11.0 Å². The van der Waals surface area contributed by atoms with Crippen molar-refractivity contribution >= 4 is 11.0 Å². The molecule has 0 amide bonds. The lowest BCUT2D eigenvalue weighted by Gasteiger charge is -2.03. The number of H-pyrrole nitrogens is 1. The number of methoxy groups -OCH3 is 1. The number of benzene rings is 1.